The lowest BCUT2D eigenvalue weighted by Crippen LogP contribution is -2.44. The number of benzene rings is 1. The van der Waals surface area contributed by atoms with Crippen LogP contribution < -0.4 is 5.32 Å². The van der Waals surface area contributed by atoms with Crippen LogP contribution in [0.15, 0.2) is 30.3 Å². The summed E-state index contributed by atoms with van der Waals surface area (Å²) in [6, 6.07) is 10.2. The largest absolute Gasteiger partial charge is 0.374 e. The van der Waals surface area contributed by atoms with E-state index < -0.39 is 0 Å². The summed E-state index contributed by atoms with van der Waals surface area (Å²) in [5.41, 5.74) is 2.00. The molecule has 1 fully saturated rings. The molecule has 1 aromatic carbocycles. The average Bonchev–Trinajstić information content (AvgIpc) is 2.49. The molecule has 4 nitrogen and oxygen atoms in total. The minimum absolute atomic E-state index is 0.246. The number of para-hydroxylation sites is 1. The number of hydrogen-bond donors (Lipinski definition) is 1. The second kappa shape index (κ2) is 6.71. The van der Waals surface area contributed by atoms with Gasteiger partial charge in [-0.1, -0.05) is 29.8 Å². The van der Waals surface area contributed by atoms with E-state index in [2.05, 4.69) is 34.4 Å². The standard InChI is InChI=1S/C16H20ClN3O/c1-20(11-14-9-18-6-7-21-14)10-13-8-12-4-2-3-5-15(12)19-16(13)17/h2-5,8,14,18H,6-7,9-11H2,1H3. The van der Waals surface area contributed by atoms with E-state index in [1.54, 1.807) is 0 Å². The first kappa shape index (κ1) is 14.7. The summed E-state index contributed by atoms with van der Waals surface area (Å²) in [6.07, 6.45) is 0.246. The van der Waals surface area contributed by atoms with Gasteiger partial charge >= 0.3 is 0 Å². The summed E-state index contributed by atoms with van der Waals surface area (Å²) in [6.45, 7) is 4.30. The van der Waals surface area contributed by atoms with E-state index in [4.69, 9.17) is 16.3 Å². The van der Waals surface area contributed by atoms with Crippen LogP contribution in [0.3, 0.4) is 0 Å². The van der Waals surface area contributed by atoms with Crippen LogP contribution >= 0.6 is 11.6 Å². The highest BCUT2D eigenvalue weighted by Crippen LogP contribution is 2.21. The van der Waals surface area contributed by atoms with E-state index in [0.29, 0.717) is 5.15 Å². The van der Waals surface area contributed by atoms with Gasteiger partial charge in [0.25, 0.3) is 0 Å². The molecule has 0 aliphatic carbocycles. The van der Waals surface area contributed by atoms with Crippen LogP contribution in [0.2, 0.25) is 5.15 Å². The molecule has 0 spiro atoms. The smallest absolute Gasteiger partial charge is 0.134 e. The average molecular weight is 306 g/mol. The summed E-state index contributed by atoms with van der Waals surface area (Å²) in [7, 11) is 2.09. The number of halogens is 1. The number of morpholine rings is 1. The Labute approximate surface area is 130 Å². The maximum Gasteiger partial charge on any atom is 0.134 e. The normalized spacial score (nSPS) is 19.3. The highest BCUT2D eigenvalue weighted by molar-refractivity contribution is 6.30. The third kappa shape index (κ3) is 3.71. The molecule has 3 rings (SSSR count). The van der Waals surface area contributed by atoms with Crippen LogP contribution in [0.1, 0.15) is 5.56 Å². The second-order valence-corrected chi connectivity index (χ2v) is 5.88. The molecule has 0 radical (unpaired) electrons. The summed E-state index contributed by atoms with van der Waals surface area (Å²) < 4.78 is 5.73. The SMILES string of the molecule is CN(Cc1cc2ccccc2nc1Cl)CC1CNCCO1. The van der Waals surface area contributed by atoms with Crippen LogP contribution in [0.5, 0.6) is 0 Å². The molecule has 1 aliphatic heterocycles. The lowest BCUT2D eigenvalue weighted by atomic mass is 10.1. The van der Waals surface area contributed by atoms with Gasteiger partial charge in [0.2, 0.25) is 0 Å². The van der Waals surface area contributed by atoms with Crippen molar-refractivity contribution in [2.24, 2.45) is 0 Å². The van der Waals surface area contributed by atoms with Gasteiger partial charge in [0, 0.05) is 37.1 Å². The molecule has 1 unspecified atom stereocenters. The quantitative estimate of drug-likeness (QED) is 0.880. The minimum Gasteiger partial charge on any atom is -0.374 e. The van der Waals surface area contributed by atoms with Crippen LogP contribution in [0, 0.1) is 0 Å². The maximum absolute atomic E-state index is 6.31. The highest BCUT2D eigenvalue weighted by atomic mass is 35.5. The third-order valence-corrected chi connectivity index (χ3v) is 4.04. The zero-order valence-electron chi connectivity index (χ0n) is 12.2. The van der Waals surface area contributed by atoms with Crippen LogP contribution in [0.25, 0.3) is 10.9 Å². The van der Waals surface area contributed by atoms with Crippen LogP contribution in [-0.2, 0) is 11.3 Å². The molecular formula is C16H20ClN3O. The van der Waals surface area contributed by atoms with Crippen molar-refractivity contribution in [3.05, 3.63) is 41.0 Å². The van der Waals surface area contributed by atoms with Gasteiger partial charge in [-0.3, -0.25) is 4.90 Å². The van der Waals surface area contributed by atoms with Crippen LogP contribution in [0.4, 0.5) is 0 Å². The van der Waals surface area contributed by atoms with E-state index in [1.165, 1.54) is 0 Å². The van der Waals surface area contributed by atoms with Crippen molar-refractivity contribution in [1.29, 1.82) is 0 Å². The fourth-order valence-corrected chi connectivity index (χ4v) is 2.89. The lowest BCUT2D eigenvalue weighted by Gasteiger charge is -2.28. The number of likely N-dealkylation sites (N-methyl/N-ethyl adjacent to an activating group) is 1. The number of fused-ring (bicyclic) bond motifs is 1. The third-order valence-electron chi connectivity index (χ3n) is 3.71. The predicted octanol–water partition coefficient (Wildman–Crippen LogP) is 2.31. The number of rotatable bonds is 4. The summed E-state index contributed by atoms with van der Waals surface area (Å²) in [5, 5.41) is 5.06. The summed E-state index contributed by atoms with van der Waals surface area (Å²) in [5.74, 6) is 0. The van der Waals surface area contributed by atoms with Gasteiger partial charge in [-0.05, 0) is 19.2 Å². The highest BCUT2D eigenvalue weighted by Gasteiger charge is 2.16. The number of aromatic nitrogens is 1. The molecule has 2 heterocycles. The Balaban J connectivity index is 1.70. The zero-order chi connectivity index (χ0) is 14.7. The number of nitrogens with one attached hydrogen (secondary N) is 1. The van der Waals surface area contributed by atoms with Gasteiger partial charge in [0.1, 0.15) is 5.15 Å². The monoisotopic (exact) mass is 305 g/mol. The molecule has 0 bridgehead atoms. The van der Waals surface area contributed by atoms with E-state index in [9.17, 15) is 0 Å². The molecule has 112 valence electrons. The second-order valence-electron chi connectivity index (χ2n) is 5.52. The first-order valence-electron chi connectivity index (χ1n) is 7.27. The van der Waals surface area contributed by atoms with E-state index >= 15 is 0 Å². The zero-order valence-corrected chi connectivity index (χ0v) is 12.9. The summed E-state index contributed by atoms with van der Waals surface area (Å²) in [4.78, 5) is 6.70. The van der Waals surface area contributed by atoms with Gasteiger partial charge in [-0.25, -0.2) is 4.98 Å². The fraction of sp³-hybridized carbons (Fsp3) is 0.438. The van der Waals surface area contributed by atoms with Crippen molar-refractivity contribution in [3.8, 4) is 0 Å². The maximum atomic E-state index is 6.31. The van der Waals surface area contributed by atoms with Gasteiger partial charge in [-0.2, -0.15) is 0 Å². The van der Waals surface area contributed by atoms with E-state index in [-0.39, 0.29) is 6.10 Å². The Morgan fingerprint density at radius 2 is 2.29 bits per heavy atom. The first-order chi connectivity index (χ1) is 10.2. The van der Waals surface area contributed by atoms with Gasteiger partial charge in [-0.15, -0.1) is 0 Å². The van der Waals surface area contributed by atoms with Crippen LogP contribution in [-0.4, -0.2) is 49.3 Å². The first-order valence-corrected chi connectivity index (χ1v) is 7.65. The van der Waals surface area contributed by atoms with Crippen molar-refractivity contribution >= 4 is 22.5 Å². The number of hydrogen-bond acceptors (Lipinski definition) is 4. The van der Waals surface area contributed by atoms with Gasteiger partial charge in [0.15, 0.2) is 0 Å². The molecular weight excluding hydrogens is 286 g/mol. The lowest BCUT2D eigenvalue weighted by molar-refractivity contribution is 0.00884. The number of pyridine rings is 1. The molecule has 0 amide bonds. The minimum atomic E-state index is 0.246. The Kier molecular flexibility index (Phi) is 4.70. The summed E-state index contributed by atoms with van der Waals surface area (Å²) >= 11 is 6.31. The Hall–Kier alpha value is -1.20. The molecule has 0 saturated carbocycles. The van der Waals surface area contributed by atoms with Crippen molar-refractivity contribution in [2.75, 3.05) is 33.3 Å². The molecule has 1 saturated heterocycles. The molecule has 21 heavy (non-hydrogen) atoms. The molecule has 1 atom stereocenters. The molecule has 2 aromatic rings. The van der Waals surface area contributed by atoms with Gasteiger partial charge < -0.3 is 10.1 Å². The van der Waals surface area contributed by atoms with E-state index in [1.807, 2.05) is 18.2 Å². The molecule has 1 aromatic heterocycles. The van der Waals surface area contributed by atoms with Crippen molar-refractivity contribution in [2.45, 2.75) is 12.6 Å². The predicted molar refractivity (Wildman–Crippen MR) is 85.7 cm³/mol. The van der Waals surface area contributed by atoms with Gasteiger partial charge in [0.05, 0.1) is 18.2 Å². The Morgan fingerprint density at radius 3 is 3.10 bits per heavy atom. The topological polar surface area (TPSA) is 37.4 Å². The Bertz CT molecular complexity index is 613. The van der Waals surface area contributed by atoms with E-state index in [0.717, 1.165) is 49.3 Å². The number of ether oxygens (including phenoxy) is 1. The van der Waals surface area contributed by atoms with Crippen molar-refractivity contribution in [3.63, 3.8) is 0 Å². The molecule has 1 N–H and O–H groups in total. The Morgan fingerprint density at radius 1 is 1.43 bits per heavy atom. The number of nitrogens with zero attached hydrogens (tertiary/aromatic N) is 2. The molecule has 5 heteroatoms. The molecule has 1 aliphatic rings. The van der Waals surface area contributed by atoms with Crippen molar-refractivity contribution < 1.29 is 4.74 Å². The fourth-order valence-electron chi connectivity index (χ4n) is 2.69. The van der Waals surface area contributed by atoms with Crippen molar-refractivity contribution in [1.82, 2.24) is 15.2 Å².